The maximum absolute atomic E-state index is 4.04. The van der Waals surface area contributed by atoms with Crippen molar-refractivity contribution in [2.45, 2.75) is 33.4 Å². The van der Waals surface area contributed by atoms with Crippen molar-refractivity contribution >= 4 is 11.3 Å². The van der Waals surface area contributed by atoms with Crippen LogP contribution in [0.3, 0.4) is 0 Å². The number of aryl methyl sites for hydroxylation is 1. The summed E-state index contributed by atoms with van der Waals surface area (Å²) in [7, 11) is 0. The monoisotopic (exact) mass is 251 g/mol. The van der Waals surface area contributed by atoms with Crippen molar-refractivity contribution in [2.24, 2.45) is 0 Å². The van der Waals surface area contributed by atoms with Gasteiger partial charge in [-0.1, -0.05) is 6.92 Å². The Hall–Kier alpha value is -1.27. The van der Waals surface area contributed by atoms with E-state index < -0.39 is 0 Å². The molecule has 0 saturated carbocycles. The van der Waals surface area contributed by atoms with E-state index in [-0.39, 0.29) is 0 Å². The smallest absolute Gasteiger partial charge is 0.165 e. The molecular formula is C11H17N5S. The molecule has 0 saturated heterocycles. The van der Waals surface area contributed by atoms with Crippen molar-refractivity contribution in [1.82, 2.24) is 25.5 Å². The molecule has 5 nitrogen and oxygen atoms in total. The molecule has 0 spiro atoms. The lowest BCUT2D eigenvalue weighted by atomic mass is 10.2. The molecule has 2 heterocycles. The van der Waals surface area contributed by atoms with E-state index in [1.807, 2.05) is 4.68 Å². The molecule has 0 bridgehead atoms. The molecule has 0 atom stereocenters. The van der Waals surface area contributed by atoms with E-state index in [2.05, 4.69) is 45.4 Å². The Labute approximate surface area is 105 Å². The van der Waals surface area contributed by atoms with E-state index in [9.17, 15) is 0 Å². The highest BCUT2D eigenvalue weighted by molar-refractivity contribution is 7.08. The van der Waals surface area contributed by atoms with Gasteiger partial charge in [0.15, 0.2) is 5.82 Å². The predicted molar refractivity (Wildman–Crippen MR) is 68.0 cm³/mol. The highest BCUT2D eigenvalue weighted by Gasteiger charge is 2.07. The van der Waals surface area contributed by atoms with Crippen LogP contribution < -0.4 is 5.32 Å². The van der Waals surface area contributed by atoms with Crippen LogP contribution in [0.4, 0.5) is 0 Å². The van der Waals surface area contributed by atoms with Gasteiger partial charge in [0, 0.05) is 0 Å². The molecule has 0 aliphatic rings. The number of aromatic nitrogens is 4. The number of tetrazole rings is 1. The van der Waals surface area contributed by atoms with Crippen LogP contribution in [0.15, 0.2) is 10.8 Å². The quantitative estimate of drug-likeness (QED) is 0.792. The van der Waals surface area contributed by atoms with Gasteiger partial charge >= 0.3 is 0 Å². The molecular weight excluding hydrogens is 234 g/mol. The molecule has 0 aliphatic heterocycles. The first-order valence-electron chi connectivity index (χ1n) is 5.78. The van der Waals surface area contributed by atoms with Crippen LogP contribution in [-0.2, 0) is 13.1 Å². The number of hydrogen-bond acceptors (Lipinski definition) is 5. The van der Waals surface area contributed by atoms with E-state index in [4.69, 9.17) is 0 Å². The minimum Gasteiger partial charge on any atom is -0.310 e. The summed E-state index contributed by atoms with van der Waals surface area (Å²) < 4.78 is 1.86. The average Bonchev–Trinajstić information content (AvgIpc) is 2.91. The van der Waals surface area contributed by atoms with Crippen molar-refractivity contribution in [2.75, 3.05) is 6.54 Å². The van der Waals surface area contributed by atoms with Gasteiger partial charge < -0.3 is 5.32 Å². The van der Waals surface area contributed by atoms with Crippen LogP contribution in [-0.4, -0.2) is 26.8 Å². The van der Waals surface area contributed by atoms with Gasteiger partial charge in [-0.2, -0.15) is 11.3 Å². The Balaban J connectivity index is 2.01. The first-order chi connectivity index (χ1) is 8.31. The van der Waals surface area contributed by atoms with Gasteiger partial charge in [0.05, 0.1) is 13.1 Å². The fourth-order valence-corrected chi connectivity index (χ4v) is 2.41. The molecule has 2 aromatic heterocycles. The second-order valence-corrected chi connectivity index (χ2v) is 4.75. The van der Waals surface area contributed by atoms with Crippen molar-refractivity contribution in [3.8, 4) is 0 Å². The lowest BCUT2D eigenvalue weighted by Gasteiger charge is -2.05. The highest BCUT2D eigenvalue weighted by Crippen LogP contribution is 2.14. The predicted octanol–water partition coefficient (Wildman–Crippen LogP) is 1.59. The molecule has 0 unspecified atom stereocenters. The minimum atomic E-state index is 0.726. The van der Waals surface area contributed by atoms with Crippen molar-refractivity contribution < 1.29 is 0 Å². The SMILES string of the molecule is CCCNCc1nnnn1Cc1cscc1C. The Bertz CT molecular complexity index is 462. The molecule has 1 N–H and O–H groups in total. The summed E-state index contributed by atoms with van der Waals surface area (Å²) >= 11 is 1.72. The van der Waals surface area contributed by atoms with E-state index >= 15 is 0 Å². The summed E-state index contributed by atoms with van der Waals surface area (Å²) in [6.07, 6.45) is 1.12. The highest BCUT2D eigenvalue weighted by atomic mass is 32.1. The fraction of sp³-hybridized carbons (Fsp3) is 0.545. The van der Waals surface area contributed by atoms with Gasteiger partial charge in [0.2, 0.25) is 0 Å². The Morgan fingerprint density at radius 1 is 1.41 bits per heavy atom. The maximum atomic E-state index is 4.04. The first-order valence-corrected chi connectivity index (χ1v) is 6.73. The molecule has 0 aliphatic carbocycles. The topological polar surface area (TPSA) is 55.6 Å². The van der Waals surface area contributed by atoms with Gasteiger partial charge in [-0.15, -0.1) is 5.10 Å². The number of rotatable bonds is 6. The lowest BCUT2D eigenvalue weighted by Crippen LogP contribution is -2.18. The average molecular weight is 251 g/mol. The number of nitrogens with zero attached hydrogens (tertiary/aromatic N) is 4. The summed E-state index contributed by atoms with van der Waals surface area (Å²) in [4.78, 5) is 0. The second kappa shape index (κ2) is 5.88. The Kier molecular flexibility index (Phi) is 4.22. The molecule has 0 radical (unpaired) electrons. The second-order valence-electron chi connectivity index (χ2n) is 4.01. The van der Waals surface area contributed by atoms with Gasteiger partial charge in [-0.05, 0) is 52.2 Å². The summed E-state index contributed by atoms with van der Waals surface area (Å²) in [5, 5.41) is 19.4. The maximum Gasteiger partial charge on any atom is 0.165 e. The number of thiophene rings is 1. The third-order valence-corrected chi connectivity index (χ3v) is 3.51. The van der Waals surface area contributed by atoms with E-state index in [0.29, 0.717) is 0 Å². The summed E-state index contributed by atoms with van der Waals surface area (Å²) in [6.45, 7) is 6.73. The van der Waals surface area contributed by atoms with Crippen molar-refractivity contribution in [3.05, 3.63) is 27.7 Å². The zero-order chi connectivity index (χ0) is 12.1. The first kappa shape index (κ1) is 12.2. The third-order valence-electron chi connectivity index (χ3n) is 2.60. The molecule has 2 aromatic rings. The molecule has 6 heteroatoms. The standard InChI is InChI=1S/C11H17N5S/c1-3-4-12-5-11-13-14-15-16(11)6-10-8-17-7-9(10)2/h7-8,12H,3-6H2,1-2H3. The molecule has 92 valence electrons. The van der Waals surface area contributed by atoms with Crippen LogP contribution in [0.25, 0.3) is 0 Å². The van der Waals surface area contributed by atoms with Gasteiger partial charge in [0.1, 0.15) is 0 Å². The van der Waals surface area contributed by atoms with Crippen molar-refractivity contribution in [3.63, 3.8) is 0 Å². The zero-order valence-corrected chi connectivity index (χ0v) is 11.0. The molecule has 17 heavy (non-hydrogen) atoms. The Morgan fingerprint density at radius 2 is 2.29 bits per heavy atom. The molecule has 0 amide bonds. The van der Waals surface area contributed by atoms with E-state index in [0.717, 1.165) is 31.9 Å². The number of hydrogen-bond donors (Lipinski definition) is 1. The minimum absolute atomic E-state index is 0.726. The van der Waals surface area contributed by atoms with E-state index in [1.165, 1.54) is 11.1 Å². The largest absolute Gasteiger partial charge is 0.310 e. The van der Waals surface area contributed by atoms with Crippen LogP contribution in [0, 0.1) is 6.92 Å². The third kappa shape index (κ3) is 3.10. The zero-order valence-electron chi connectivity index (χ0n) is 10.2. The molecule has 2 rings (SSSR count). The van der Waals surface area contributed by atoms with E-state index in [1.54, 1.807) is 11.3 Å². The number of nitrogens with one attached hydrogen (secondary N) is 1. The summed E-state index contributed by atoms with van der Waals surface area (Å²) in [5.74, 6) is 0.893. The van der Waals surface area contributed by atoms with Crippen LogP contribution in [0.2, 0.25) is 0 Å². The summed E-state index contributed by atoms with van der Waals surface area (Å²) in [5.41, 5.74) is 2.59. The van der Waals surface area contributed by atoms with Gasteiger partial charge in [-0.3, -0.25) is 0 Å². The normalized spacial score (nSPS) is 10.9. The van der Waals surface area contributed by atoms with Gasteiger partial charge in [0.25, 0.3) is 0 Å². The van der Waals surface area contributed by atoms with Gasteiger partial charge in [-0.25, -0.2) is 4.68 Å². The molecule has 0 fully saturated rings. The molecule has 0 aromatic carbocycles. The van der Waals surface area contributed by atoms with Crippen LogP contribution in [0.1, 0.15) is 30.3 Å². The van der Waals surface area contributed by atoms with Crippen molar-refractivity contribution in [1.29, 1.82) is 0 Å². The van der Waals surface area contributed by atoms with Crippen LogP contribution >= 0.6 is 11.3 Å². The fourth-order valence-electron chi connectivity index (χ4n) is 1.56. The lowest BCUT2D eigenvalue weighted by molar-refractivity contribution is 0.577. The Morgan fingerprint density at radius 3 is 3.00 bits per heavy atom. The van der Waals surface area contributed by atoms with Crippen LogP contribution in [0.5, 0.6) is 0 Å². The summed E-state index contributed by atoms with van der Waals surface area (Å²) in [6, 6.07) is 0.